The van der Waals surface area contributed by atoms with Gasteiger partial charge in [0, 0.05) is 29.7 Å². The van der Waals surface area contributed by atoms with Crippen LogP contribution in [-0.4, -0.2) is 32.3 Å². The van der Waals surface area contributed by atoms with E-state index in [4.69, 9.17) is 4.98 Å². The van der Waals surface area contributed by atoms with E-state index in [1.165, 1.54) is 11.3 Å². The number of nitrogens with zero attached hydrogens (tertiary/aromatic N) is 4. The highest BCUT2D eigenvalue weighted by Gasteiger charge is 2.32. The van der Waals surface area contributed by atoms with Crippen LogP contribution in [0.15, 0.2) is 66.3 Å². The standard InChI is InChI=1S/C22H19N5OS/c28-21(16-7-1-5-15-6-3-11-23-20(15)16)27-13-4-9-18(27)17-8-2-10-19(25-17)26-22-24-12-14-29-22/h1-3,5-8,10-12,14,18H,4,9,13H2,(H,24,25,26). The summed E-state index contributed by atoms with van der Waals surface area (Å²) in [6.07, 6.45) is 5.35. The fourth-order valence-corrected chi connectivity index (χ4v) is 4.39. The summed E-state index contributed by atoms with van der Waals surface area (Å²) in [5.41, 5.74) is 2.29. The molecule has 4 aromatic rings. The zero-order chi connectivity index (χ0) is 19.6. The summed E-state index contributed by atoms with van der Waals surface area (Å²) in [7, 11) is 0. The van der Waals surface area contributed by atoms with E-state index in [-0.39, 0.29) is 11.9 Å². The summed E-state index contributed by atoms with van der Waals surface area (Å²) in [5, 5.41) is 6.92. The molecule has 5 rings (SSSR count). The fraction of sp³-hybridized carbons (Fsp3) is 0.182. The minimum atomic E-state index is -0.0421. The Morgan fingerprint density at radius 3 is 2.86 bits per heavy atom. The highest BCUT2D eigenvalue weighted by Crippen LogP contribution is 2.34. The van der Waals surface area contributed by atoms with Crippen LogP contribution < -0.4 is 5.32 Å². The average molecular weight is 401 g/mol. The number of likely N-dealkylation sites (tertiary alicyclic amines) is 1. The van der Waals surface area contributed by atoms with Gasteiger partial charge in [-0.05, 0) is 37.1 Å². The molecule has 1 aliphatic heterocycles. The van der Waals surface area contributed by atoms with E-state index in [1.54, 1.807) is 12.4 Å². The van der Waals surface area contributed by atoms with Crippen molar-refractivity contribution in [2.24, 2.45) is 0 Å². The van der Waals surface area contributed by atoms with E-state index in [0.717, 1.165) is 46.9 Å². The first-order chi connectivity index (χ1) is 14.3. The molecule has 6 nitrogen and oxygen atoms in total. The van der Waals surface area contributed by atoms with E-state index < -0.39 is 0 Å². The van der Waals surface area contributed by atoms with Crippen LogP contribution in [0.5, 0.6) is 0 Å². The molecule has 1 amide bonds. The van der Waals surface area contributed by atoms with Crippen LogP contribution in [-0.2, 0) is 0 Å². The third-order valence-corrected chi connectivity index (χ3v) is 5.84. The Morgan fingerprint density at radius 2 is 1.97 bits per heavy atom. The van der Waals surface area contributed by atoms with E-state index in [0.29, 0.717) is 5.56 Å². The van der Waals surface area contributed by atoms with Gasteiger partial charge in [-0.1, -0.05) is 24.3 Å². The van der Waals surface area contributed by atoms with Crippen LogP contribution in [0.25, 0.3) is 10.9 Å². The zero-order valence-corrected chi connectivity index (χ0v) is 16.5. The molecule has 144 valence electrons. The normalized spacial score (nSPS) is 16.3. The molecule has 1 fully saturated rings. The molecule has 1 aromatic carbocycles. The Morgan fingerprint density at radius 1 is 1.07 bits per heavy atom. The van der Waals surface area contributed by atoms with Crippen molar-refractivity contribution in [3.8, 4) is 0 Å². The Balaban J connectivity index is 1.45. The second-order valence-electron chi connectivity index (χ2n) is 6.95. The first kappa shape index (κ1) is 17.8. The van der Waals surface area contributed by atoms with Crippen LogP contribution in [0.4, 0.5) is 10.9 Å². The summed E-state index contributed by atoms with van der Waals surface area (Å²) >= 11 is 1.53. The number of pyridine rings is 2. The average Bonchev–Trinajstić information content (AvgIpc) is 3.45. The number of para-hydroxylation sites is 1. The first-order valence-corrected chi connectivity index (χ1v) is 10.5. The van der Waals surface area contributed by atoms with Gasteiger partial charge in [0.15, 0.2) is 5.13 Å². The molecule has 0 aliphatic carbocycles. The minimum absolute atomic E-state index is 0.0110. The number of rotatable bonds is 4. The van der Waals surface area contributed by atoms with Crippen molar-refractivity contribution in [2.45, 2.75) is 18.9 Å². The summed E-state index contributed by atoms with van der Waals surface area (Å²) < 4.78 is 0. The Labute approximate surface area is 172 Å². The maximum atomic E-state index is 13.4. The van der Waals surface area contributed by atoms with E-state index in [2.05, 4.69) is 15.3 Å². The molecule has 4 heterocycles. The van der Waals surface area contributed by atoms with Crippen molar-refractivity contribution in [3.05, 3.63) is 77.6 Å². The fourth-order valence-electron chi connectivity index (χ4n) is 3.85. The number of thiazole rings is 1. The van der Waals surface area contributed by atoms with Crippen LogP contribution in [0.2, 0.25) is 0 Å². The van der Waals surface area contributed by atoms with Crippen molar-refractivity contribution < 1.29 is 4.79 Å². The monoisotopic (exact) mass is 401 g/mol. The quantitative estimate of drug-likeness (QED) is 0.531. The molecule has 1 atom stereocenters. The molecular weight excluding hydrogens is 382 g/mol. The number of hydrogen-bond acceptors (Lipinski definition) is 6. The van der Waals surface area contributed by atoms with Gasteiger partial charge < -0.3 is 10.2 Å². The van der Waals surface area contributed by atoms with Gasteiger partial charge in [-0.25, -0.2) is 9.97 Å². The molecule has 0 spiro atoms. The molecule has 1 unspecified atom stereocenters. The van der Waals surface area contributed by atoms with Gasteiger partial charge in [0.1, 0.15) is 5.82 Å². The largest absolute Gasteiger partial charge is 0.330 e. The lowest BCUT2D eigenvalue weighted by Crippen LogP contribution is -2.31. The van der Waals surface area contributed by atoms with E-state index >= 15 is 0 Å². The van der Waals surface area contributed by atoms with Gasteiger partial charge in [0.25, 0.3) is 5.91 Å². The van der Waals surface area contributed by atoms with Crippen molar-refractivity contribution in [3.63, 3.8) is 0 Å². The molecule has 0 saturated carbocycles. The Bertz CT molecular complexity index is 1160. The highest BCUT2D eigenvalue weighted by atomic mass is 32.1. The summed E-state index contributed by atoms with van der Waals surface area (Å²) in [6, 6.07) is 15.5. The number of carbonyl (C=O) groups is 1. The van der Waals surface area contributed by atoms with E-state index in [9.17, 15) is 4.79 Å². The van der Waals surface area contributed by atoms with Crippen molar-refractivity contribution >= 4 is 39.1 Å². The van der Waals surface area contributed by atoms with Crippen LogP contribution in [0.3, 0.4) is 0 Å². The van der Waals surface area contributed by atoms with E-state index in [1.807, 2.05) is 58.8 Å². The predicted molar refractivity (Wildman–Crippen MR) is 114 cm³/mol. The number of nitrogens with one attached hydrogen (secondary N) is 1. The predicted octanol–water partition coefficient (Wildman–Crippen LogP) is 4.81. The molecule has 1 saturated heterocycles. The molecule has 7 heteroatoms. The second kappa shape index (κ2) is 7.60. The topological polar surface area (TPSA) is 71.0 Å². The first-order valence-electron chi connectivity index (χ1n) is 9.58. The molecule has 3 aromatic heterocycles. The van der Waals surface area contributed by atoms with Crippen molar-refractivity contribution in [2.75, 3.05) is 11.9 Å². The van der Waals surface area contributed by atoms with Crippen LogP contribution in [0, 0.1) is 0 Å². The highest BCUT2D eigenvalue weighted by molar-refractivity contribution is 7.13. The van der Waals surface area contributed by atoms with Crippen LogP contribution >= 0.6 is 11.3 Å². The molecular formula is C22H19N5OS. The lowest BCUT2D eigenvalue weighted by atomic mass is 10.1. The number of fused-ring (bicyclic) bond motifs is 1. The minimum Gasteiger partial charge on any atom is -0.330 e. The van der Waals surface area contributed by atoms with Gasteiger partial charge in [0.2, 0.25) is 0 Å². The zero-order valence-electron chi connectivity index (χ0n) is 15.7. The van der Waals surface area contributed by atoms with Gasteiger partial charge in [0.05, 0.1) is 22.8 Å². The lowest BCUT2D eigenvalue weighted by Gasteiger charge is -2.25. The SMILES string of the molecule is O=C(c1cccc2cccnc12)N1CCCC1c1cccc(Nc2nccs2)n1. The van der Waals surface area contributed by atoms with Crippen molar-refractivity contribution in [1.29, 1.82) is 0 Å². The number of carbonyl (C=O) groups excluding carboxylic acids is 1. The summed E-state index contributed by atoms with van der Waals surface area (Å²) in [4.78, 5) is 28.8. The Hall–Kier alpha value is -3.32. The maximum absolute atomic E-state index is 13.4. The molecule has 0 radical (unpaired) electrons. The summed E-state index contributed by atoms with van der Waals surface area (Å²) in [6.45, 7) is 0.721. The molecule has 1 aliphatic rings. The number of amides is 1. The number of anilines is 2. The van der Waals surface area contributed by atoms with Gasteiger partial charge in [-0.3, -0.25) is 9.78 Å². The third-order valence-electron chi connectivity index (χ3n) is 5.16. The third kappa shape index (κ3) is 3.45. The van der Waals surface area contributed by atoms with Gasteiger partial charge >= 0.3 is 0 Å². The molecule has 29 heavy (non-hydrogen) atoms. The summed E-state index contributed by atoms with van der Waals surface area (Å²) in [5.74, 6) is 0.750. The second-order valence-corrected chi connectivity index (χ2v) is 7.84. The lowest BCUT2D eigenvalue weighted by molar-refractivity contribution is 0.0735. The van der Waals surface area contributed by atoms with Gasteiger partial charge in [-0.15, -0.1) is 11.3 Å². The smallest absolute Gasteiger partial charge is 0.256 e. The maximum Gasteiger partial charge on any atom is 0.256 e. The molecule has 1 N–H and O–H groups in total. The van der Waals surface area contributed by atoms with Crippen LogP contribution in [0.1, 0.15) is 34.9 Å². The number of aromatic nitrogens is 3. The number of hydrogen-bond donors (Lipinski definition) is 1. The molecule has 0 bridgehead atoms. The Kier molecular flexibility index (Phi) is 4.65. The number of benzene rings is 1. The van der Waals surface area contributed by atoms with Gasteiger partial charge in [-0.2, -0.15) is 0 Å². The van der Waals surface area contributed by atoms with Crippen molar-refractivity contribution in [1.82, 2.24) is 19.9 Å².